The fourth-order valence-corrected chi connectivity index (χ4v) is 7.93. The number of para-hydroxylation sites is 3. The normalized spacial score (nSPS) is 11.9. The van der Waals surface area contributed by atoms with E-state index in [0.29, 0.717) is 5.71 Å². The van der Waals surface area contributed by atoms with Gasteiger partial charge in [0.2, 0.25) is 5.71 Å². The van der Waals surface area contributed by atoms with Crippen LogP contribution in [-0.2, 0) is 0 Å². The highest BCUT2D eigenvalue weighted by Crippen LogP contribution is 2.43. The average Bonchev–Trinajstić information content (AvgIpc) is 3.85. The second kappa shape index (κ2) is 10.8. The Morgan fingerprint density at radius 2 is 1.00 bits per heavy atom. The largest absolute Gasteiger partial charge is 0.436 e. The summed E-state index contributed by atoms with van der Waals surface area (Å²) in [5.74, 6) is 0. The smallest absolute Gasteiger partial charge is 0.246 e. The molecule has 0 fully saturated rings. The number of furan rings is 1. The lowest BCUT2D eigenvalue weighted by atomic mass is 10.0. The first-order chi connectivity index (χ1) is 25.3. The van der Waals surface area contributed by atoms with Gasteiger partial charge in [-0.2, -0.15) is 0 Å². The van der Waals surface area contributed by atoms with Crippen molar-refractivity contribution >= 4 is 65.8 Å². The summed E-state index contributed by atoms with van der Waals surface area (Å²) in [5.41, 5.74) is 12.5. The summed E-state index contributed by atoms with van der Waals surface area (Å²) < 4.78 is 11.4. The molecule has 0 aliphatic rings. The van der Waals surface area contributed by atoms with Gasteiger partial charge in [0.1, 0.15) is 16.8 Å². The Morgan fingerprint density at radius 1 is 0.412 bits per heavy atom. The van der Waals surface area contributed by atoms with E-state index in [-0.39, 0.29) is 0 Å². The predicted octanol–water partition coefficient (Wildman–Crippen LogP) is 11.9. The molecule has 0 N–H and O–H groups in total. The van der Waals surface area contributed by atoms with Crippen LogP contribution in [-0.4, -0.2) is 19.1 Å². The molecule has 0 bridgehead atoms. The molecule has 4 aromatic heterocycles. The molecule has 5 nitrogen and oxygen atoms in total. The van der Waals surface area contributed by atoms with Crippen LogP contribution in [0.1, 0.15) is 0 Å². The van der Waals surface area contributed by atoms with E-state index in [0.717, 1.165) is 55.9 Å². The Labute approximate surface area is 292 Å². The molecular formula is C46H28N4O. The summed E-state index contributed by atoms with van der Waals surface area (Å²) in [5, 5.41) is 5.79. The van der Waals surface area contributed by atoms with Gasteiger partial charge < -0.3 is 13.6 Å². The topological polar surface area (TPSA) is 48.8 Å². The monoisotopic (exact) mass is 652 g/mol. The lowest BCUT2D eigenvalue weighted by Crippen LogP contribution is -1.95. The lowest BCUT2D eigenvalue weighted by Gasteiger charge is -2.10. The van der Waals surface area contributed by atoms with Gasteiger partial charge in [0.05, 0.1) is 27.8 Å². The molecular weight excluding hydrogens is 625 g/mol. The number of fused-ring (bicyclic) bond motifs is 10. The number of hydrogen-bond acceptors (Lipinski definition) is 3. The van der Waals surface area contributed by atoms with Crippen LogP contribution in [0.15, 0.2) is 174 Å². The molecule has 0 atom stereocenters. The number of nitrogens with zero attached hydrogens (tertiary/aromatic N) is 4. The highest BCUT2D eigenvalue weighted by atomic mass is 16.3. The number of hydrogen-bond donors (Lipinski definition) is 0. The quantitative estimate of drug-likeness (QED) is 0.190. The molecule has 0 radical (unpaired) electrons. The van der Waals surface area contributed by atoms with Gasteiger partial charge in [-0.05, 0) is 42.5 Å². The Kier molecular flexibility index (Phi) is 5.89. The van der Waals surface area contributed by atoms with Gasteiger partial charge in [0.15, 0.2) is 0 Å². The predicted molar refractivity (Wildman–Crippen MR) is 209 cm³/mol. The fourth-order valence-electron chi connectivity index (χ4n) is 7.93. The summed E-state index contributed by atoms with van der Waals surface area (Å²) in [6.45, 7) is 0. The lowest BCUT2D eigenvalue weighted by molar-refractivity contribution is 0.653. The van der Waals surface area contributed by atoms with E-state index < -0.39 is 0 Å². The standard InChI is InChI=1S/C46H28N4O/c1-4-14-29(15-5-1)42-43(30-16-6-2-7-17-30)48-46-44(47-42)36-25-24-32(28-40(36)51-46)50-37-22-12-10-20-33(37)34-26-27-39-41(45(34)50)35-21-11-13-23-38(35)49(39)31-18-8-3-9-19-31/h1-28H. The molecule has 0 amide bonds. The molecule has 238 valence electrons. The Hall–Kier alpha value is -6.98. The Balaban J connectivity index is 1.21. The molecule has 0 aliphatic heterocycles. The van der Waals surface area contributed by atoms with E-state index in [1.165, 1.54) is 38.1 Å². The van der Waals surface area contributed by atoms with Crippen LogP contribution >= 0.6 is 0 Å². The fraction of sp³-hybridized carbons (Fsp3) is 0. The van der Waals surface area contributed by atoms with Gasteiger partial charge in [-0.1, -0.05) is 121 Å². The van der Waals surface area contributed by atoms with Gasteiger partial charge in [0.25, 0.3) is 0 Å². The van der Waals surface area contributed by atoms with Crippen LogP contribution in [0.3, 0.4) is 0 Å². The Morgan fingerprint density at radius 3 is 1.73 bits per heavy atom. The van der Waals surface area contributed by atoms with Crippen LogP contribution in [0.4, 0.5) is 0 Å². The summed E-state index contributed by atoms with van der Waals surface area (Å²) >= 11 is 0. The molecule has 7 aromatic carbocycles. The van der Waals surface area contributed by atoms with Gasteiger partial charge in [-0.15, -0.1) is 0 Å². The van der Waals surface area contributed by atoms with Crippen molar-refractivity contribution in [2.24, 2.45) is 0 Å². The molecule has 5 heteroatoms. The first kappa shape index (κ1) is 27.9. The van der Waals surface area contributed by atoms with Crippen LogP contribution in [0.25, 0.3) is 99.7 Å². The van der Waals surface area contributed by atoms with Gasteiger partial charge in [-0.3, -0.25) is 0 Å². The van der Waals surface area contributed by atoms with Crippen molar-refractivity contribution in [2.75, 3.05) is 0 Å². The third kappa shape index (κ3) is 4.09. The average molecular weight is 653 g/mol. The zero-order valence-electron chi connectivity index (χ0n) is 27.4. The molecule has 4 heterocycles. The molecule has 0 aliphatic carbocycles. The van der Waals surface area contributed by atoms with Crippen LogP contribution < -0.4 is 0 Å². The van der Waals surface area contributed by atoms with Gasteiger partial charge >= 0.3 is 0 Å². The summed E-state index contributed by atoms with van der Waals surface area (Å²) in [4.78, 5) is 10.4. The number of aromatic nitrogens is 4. The van der Waals surface area contributed by atoms with Crippen LogP contribution in [0.5, 0.6) is 0 Å². The summed E-state index contributed by atoms with van der Waals surface area (Å²) in [7, 11) is 0. The zero-order chi connectivity index (χ0) is 33.5. The second-order valence-corrected chi connectivity index (χ2v) is 13.0. The second-order valence-electron chi connectivity index (χ2n) is 13.0. The third-order valence-electron chi connectivity index (χ3n) is 10.1. The molecule has 0 unspecified atom stereocenters. The van der Waals surface area contributed by atoms with Crippen molar-refractivity contribution in [3.63, 3.8) is 0 Å². The van der Waals surface area contributed by atoms with Crippen molar-refractivity contribution < 1.29 is 4.42 Å². The Bertz CT molecular complexity index is 3120. The van der Waals surface area contributed by atoms with E-state index in [1.807, 2.05) is 36.4 Å². The summed E-state index contributed by atoms with van der Waals surface area (Å²) in [6, 6.07) is 59.5. The minimum atomic E-state index is 0.524. The van der Waals surface area contributed by atoms with Gasteiger partial charge in [-0.25, -0.2) is 9.97 Å². The number of rotatable bonds is 4. The maximum absolute atomic E-state index is 6.60. The third-order valence-corrected chi connectivity index (χ3v) is 10.1. The molecule has 0 saturated carbocycles. The minimum Gasteiger partial charge on any atom is -0.436 e. The van der Waals surface area contributed by atoms with E-state index in [9.17, 15) is 0 Å². The molecule has 11 aromatic rings. The molecule has 51 heavy (non-hydrogen) atoms. The zero-order valence-corrected chi connectivity index (χ0v) is 27.4. The summed E-state index contributed by atoms with van der Waals surface area (Å²) in [6.07, 6.45) is 0. The van der Waals surface area contributed by atoms with E-state index in [4.69, 9.17) is 14.4 Å². The molecule has 0 saturated heterocycles. The molecule has 0 spiro atoms. The minimum absolute atomic E-state index is 0.524. The van der Waals surface area contributed by atoms with Gasteiger partial charge in [0, 0.05) is 55.5 Å². The highest BCUT2D eigenvalue weighted by Gasteiger charge is 2.22. The molecule has 11 rings (SSSR count). The van der Waals surface area contributed by atoms with Crippen molar-refractivity contribution in [3.05, 3.63) is 170 Å². The van der Waals surface area contributed by atoms with Crippen molar-refractivity contribution in [3.8, 4) is 33.9 Å². The van der Waals surface area contributed by atoms with Crippen molar-refractivity contribution in [1.82, 2.24) is 19.1 Å². The first-order valence-corrected chi connectivity index (χ1v) is 17.2. The maximum atomic E-state index is 6.60. The van der Waals surface area contributed by atoms with Crippen LogP contribution in [0, 0.1) is 0 Å². The van der Waals surface area contributed by atoms with E-state index in [2.05, 4.69) is 143 Å². The first-order valence-electron chi connectivity index (χ1n) is 17.2. The highest BCUT2D eigenvalue weighted by molar-refractivity contribution is 6.26. The maximum Gasteiger partial charge on any atom is 0.246 e. The number of benzene rings is 7. The van der Waals surface area contributed by atoms with E-state index in [1.54, 1.807) is 0 Å². The van der Waals surface area contributed by atoms with Crippen molar-refractivity contribution in [2.45, 2.75) is 0 Å². The SMILES string of the molecule is c1ccc(-c2nc3oc4cc(-n5c6ccccc6c6ccc7c(c8ccccc8n7-c7ccccc7)c65)ccc4c3nc2-c2ccccc2)cc1. The van der Waals surface area contributed by atoms with Crippen LogP contribution in [0.2, 0.25) is 0 Å². The van der Waals surface area contributed by atoms with Crippen molar-refractivity contribution in [1.29, 1.82) is 0 Å². The van der Waals surface area contributed by atoms with E-state index >= 15 is 0 Å².